The molecule has 1 aliphatic heterocycles. The van der Waals surface area contributed by atoms with E-state index in [4.69, 9.17) is 21.2 Å². The molecule has 1 aromatic rings. The number of nitrogens with one attached hydrogen (secondary N) is 1. The predicted octanol–water partition coefficient (Wildman–Crippen LogP) is 2.49. The second kappa shape index (κ2) is 10.0. The summed E-state index contributed by atoms with van der Waals surface area (Å²) >= 11 is 0. The smallest absolute Gasteiger partial charge is 0.405 e. The molecule has 6 N–H and O–H groups in total. The Kier molecular flexibility index (Phi) is 8.01. The Morgan fingerprint density at radius 1 is 1.38 bits per heavy atom. The van der Waals surface area contributed by atoms with E-state index in [1.165, 1.54) is 0 Å². The molecule has 1 aliphatic carbocycles. The van der Waals surface area contributed by atoms with Crippen LogP contribution in [-0.2, 0) is 15.9 Å². The number of aliphatic imine (C=N–C) groups is 1. The van der Waals surface area contributed by atoms with Crippen molar-refractivity contribution in [2.45, 2.75) is 70.2 Å². The summed E-state index contributed by atoms with van der Waals surface area (Å²) in [6, 6.07) is 6.09. The molecular formula is C21H34N4O4. The zero-order valence-electron chi connectivity index (χ0n) is 17.8. The molecule has 162 valence electrons. The van der Waals surface area contributed by atoms with Crippen molar-refractivity contribution in [1.29, 1.82) is 0 Å². The number of amides is 1. The fraction of sp³-hybridized carbons (Fsp3) is 0.619. The van der Waals surface area contributed by atoms with Gasteiger partial charge in [-0.25, -0.2) is 4.79 Å². The Labute approximate surface area is 172 Å². The number of ether oxygens (including phenoxy) is 2. The minimum absolute atomic E-state index is 0.254. The lowest BCUT2D eigenvalue weighted by Crippen LogP contribution is -2.27. The Balaban J connectivity index is 0.000000321. The molecule has 1 amide bonds. The van der Waals surface area contributed by atoms with E-state index in [0.717, 1.165) is 41.9 Å². The van der Waals surface area contributed by atoms with E-state index in [-0.39, 0.29) is 12.1 Å². The normalized spacial score (nSPS) is 23.4. The lowest BCUT2D eigenvalue weighted by atomic mass is 10.1. The Morgan fingerprint density at radius 3 is 2.69 bits per heavy atom. The molecule has 0 spiro atoms. The minimum Gasteiger partial charge on any atom is -0.444 e. The van der Waals surface area contributed by atoms with Crippen LogP contribution in [0.15, 0.2) is 23.2 Å². The lowest BCUT2D eigenvalue weighted by molar-refractivity contribution is 0.0600. The molecule has 1 aromatic carbocycles. The zero-order valence-corrected chi connectivity index (χ0v) is 17.8. The van der Waals surface area contributed by atoms with Crippen molar-refractivity contribution in [3.63, 3.8) is 0 Å². The highest BCUT2D eigenvalue weighted by molar-refractivity contribution is 5.96. The van der Waals surface area contributed by atoms with Gasteiger partial charge in [0.05, 0.1) is 24.8 Å². The van der Waals surface area contributed by atoms with Crippen molar-refractivity contribution in [3.8, 4) is 0 Å². The van der Waals surface area contributed by atoms with Gasteiger partial charge in [0.15, 0.2) is 0 Å². The third-order valence-corrected chi connectivity index (χ3v) is 4.69. The molecule has 0 aromatic heterocycles. The molecule has 8 nitrogen and oxygen atoms in total. The molecule has 0 radical (unpaired) electrons. The highest BCUT2D eigenvalue weighted by Gasteiger charge is 2.28. The van der Waals surface area contributed by atoms with Crippen LogP contribution in [0, 0.1) is 0 Å². The topological polar surface area (TPSA) is 132 Å². The molecule has 3 atom stereocenters. The number of hydrogen-bond acceptors (Lipinski definition) is 7. The van der Waals surface area contributed by atoms with Gasteiger partial charge in [0.1, 0.15) is 11.4 Å². The fourth-order valence-corrected chi connectivity index (χ4v) is 3.46. The van der Waals surface area contributed by atoms with Crippen LogP contribution < -0.4 is 16.8 Å². The quantitative estimate of drug-likeness (QED) is 0.610. The van der Waals surface area contributed by atoms with E-state index in [1.54, 1.807) is 27.9 Å². The van der Waals surface area contributed by atoms with E-state index in [9.17, 15) is 9.90 Å². The first-order valence-electron chi connectivity index (χ1n) is 9.96. The van der Waals surface area contributed by atoms with E-state index in [1.807, 2.05) is 18.2 Å². The summed E-state index contributed by atoms with van der Waals surface area (Å²) in [6.07, 6.45) is 2.63. The maximum absolute atomic E-state index is 10.0. The van der Waals surface area contributed by atoms with Crippen LogP contribution in [0.5, 0.6) is 0 Å². The average Bonchev–Trinajstić information content (AvgIpc) is 2.88. The Morgan fingerprint density at radius 2 is 2.10 bits per heavy atom. The van der Waals surface area contributed by atoms with Crippen molar-refractivity contribution in [2.24, 2.45) is 16.5 Å². The van der Waals surface area contributed by atoms with Gasteiger partial charge in [-0.3, -0.25) is 4.99 Å². The number of nitrogens with two attached hydrogens (primary N) is 2. The van der Waals surface area contributed by atoms with Crippen molar-refractivity contribution >= 4 is 17.6 Å². The van der Waals surface area contributed by atoms with E-state index >= 15 is 0 Å². The van der Waals surface area contributed by atoms with Gasteiger partial charge in [-0.15, -0.1) is 0 Å². The summed E-state index contributed by atoms with van der Waals surface area (Å²) in [7, 11) is 1.71. The SMILES string of the molecule is CC(C)(C)OC(N)=O.COCC1CCCC(Nc2ccc3c(c2)[C@@H](N)[C@H](O)C3)=N1. The second-order valence-electron chi connectivity index (χ2n) is 8.45. The predicted molar refractivity (Wildman–Crippen MR) is 114 cm³/mol. The first kappa shape index (κ1) is 23.1. The van der Waals surface area contributed by atoms with Gasteiger partial charge < -0.3 is 31.4 Å². The molecular weight excluding hydrogens is 372 g/mol. The third-order valence-electron chi connectivity index (χ3n) is 4.69. The number of carbonyl (C=O) groups excluding carboxylic acids is 1. The fourth-order valence-electron chi connectivity index (χ4n) is 3.46. The molecule has 0 saturated carbocycles. The maximum Gasteiger partial charge on any atom is 0.405 e. The second-order valence-corrected chi connectivity index (χ2v) is 8.45. The highest BCUT2D eigenvalue weighted by Crippen LogP contribution is 2.32. The first-order chi connectivity index (χ1) is 13.6. The van der Waals surface area contributed by atoms with Crippen LogP contribution in [0.1, 0.15) is 57.2 Å². The van der Waals surface area contributed by atoms with Crippen molar-refractivity contribution in [3.05, 3.63) is 29.3 Å². The third kappa shape index (κ3) is 7.30. The number of benzene rings is 1. The monoisotopic (exact) mass is 406 g/mol. The average molecular weight is 407 g/mol. The number of hydrogen-bond donors (Lipinski definition) is 4. The van der Waals surface area contributed by atoms with E-state index < -0.39 is 17.8 Å². The van der Waals surface area contributed by atoms with Gasteiger partial charge in [0, 0.05) is 25.6 Å². The van der Waals surface area contributed by atoms with Crippen LogP contribution in [-0.4, -0.2) is 48.5 Å². The summed E-state index contributed by atoms with van der Waals surface area (Å²) in [5, 5.41) is 13.2. The molecule has 8 heteroatoms. The van der Waals surface area contributed by atoms with Gasteiger partial charge in [-0.2, -0.15) is 0 Å². The van der Waals surface area contributed by atoms with Gasteiger partial charge >= 0.3 is 6.09 Å². The van der Waals surface area contributed by atoms with Crippen molar-refractivity contribution < 1.29 is 19.4 Å². The Hall–Kier alpha value is -2.16. The van der Waals surface area contributed by atoms with Crippen LogP contribution in [0.2, 0.25) is 0 Å². The molecule has 0 bridgehead atoms. The number of amidine groups is 1. The van der Waals surface area contributed by atoms with Crippen LogP contribution in [0.3, 0.4) is 0 Å². The van der Waals surface area contributed by atoms with Gasteiger partial charge in [-0.05, 0) is 56.9 Å². The summed E-state index contributed by atoms with van der Waals surface area (Å²) in [4.78, 5) is 14.7. The molecule has 2 aliphatic rings. The highest BCUT2D eigenvalue weighted by atomic mass is 16.6. The van der Waals surface area contributed by atoms with Crippen LogP contribution >= 0.6 is 0 Å². The molecule has 29 heavy (non-hydrogen) atoms. The van der Waals surface area contributed by atoms with E-state index in [0.29, 0.717) is 13.0 Å². The number of rotatable bonds is 3. The molecule has 0 fully saturated rings. The zero-order chi connectivity index (χ0) is 21.6. The van der Waals surface area contributed by atoms with Gasteiger partial charge in [0.2, 0.25) is 0 Å². The lowest BCUT2D eigenvalue weighted by Gasteiger charge is -2.21. The molecule has 3 rings (SSSR count). The summed E-state index contributed by atoms with van der Waals surface area (Å²) in [6.45, 7) is 5.96. The largest absolute Gasteiger partial charge is 0.444 e. The summed E-state index contributed by atoms with van der Waals surface area (Å²) in [5.41, 5.74) is 13.5. The molecule has 0 saturated heterocycles. The standard InChI is InChI=1S/C16H23N3O2.C5H11NO2/c1-21-9-12-3-2-4-15(19-12)18-11-6-5-10-7-14(20)16(17)13(10)8-11;1-5(2,3)8-4(6)7/h5-6,8,12,14,16,20H,2-4,7,9,17H2,1H3,(H,18,19);1-3H3,(H2,6,7)/t12?,14-,16-;/m1./s1. The van der Waals surface area contributed by atoms with Crippen molar-refractivity contribution in [1.82, 2.24) is 0 Å². The number of aliphatic hydroxyl groups excluding tert-OH is 1. The van der Waals surface area contributed by atoms with Crippen LogP contribution in [0.4, 0.5) is 10.5 Å². The number of nitrogens with zero attached hydrogens (tertiary/aromatic N) is 1. The maximum atomic E-state index is 10.0. The number of anilines is 1. The number of methoxy groups -OCH3 is 1. The molecule has 1 unspecified atom stereocenters. The van der Waals surface area contributed by atoms with Crippen LogP contribution in [0.25, 0.3) is 0 Å². The number of fused-ring (bicyclic) bond motifs is 1. The van der Waals surface area contributed by atoms with Gasteiger partial charge in [-0.1, -0.05) is 6.07 Å². The van der Waals surface area contributed by atoms with Gasteiger partial charge in [0.25, 0.3) is 0 Å². The Bertz CT molecular complexity index is 730. The first-order valence-corrected chi connectivity index (χ1v) is 9.96. The summed E-state index contributed by atoms with van der Waals surface area (Å²) < 4.78 is 9.76. The summed E-state index contributed by atoms with van der Waals surface area (Å²) in [5.74, 6) is 1.01. The number of primary amides is 1. The molecule has 1 heterocycles. The number of aliphatic hydroxyl groups is 1. The minimum atomic E-state index is -0.725. The van der Waals surface area contributed by atoms with E-state index in [2.05, 4.69) is 10.1 Å². The van der Waals surface area contributed by atoms with Crippen molar-refractivity contribution in [2.75, 3.05) is 19.0 Å². The number of carbonyl (C=O) groups is 1.